The summed E-state index contributed by atoms with van der Waals surface area (Å²) in [5.74, 6) is -0.572. The highest BCUT2D eigenvalue weighted by Crippen LogP contribution is 2.31. The molecule has 0 spiro atoms. The maximum Gasteiger partial charge on any atom is 0.262 e. The van der Waals surface area contributed by atoms with Crippen molar-refractivity contribution >= 4 is 16.5 Å². The van der Waals surface area contributed by atoms with Gasteiger partial charge in [-0.15, -0.1) is 0 Å². The molecule has 1 saturated heterocycles. The summed E-state index contributed by atoms with van der Waals surface area (Å²) in [5.41, 5.74) is 4.05. The van der Waals surface area contributed by atoms with E-state index in [9.17, 15) is 9.18 Å². The molecule has 5 nitrogen and oxygen atoms in total. The minimum Gasteiger partial charge on any atom is -0.372 e. The Hall–Kier alpha value is -3.95. The zero-order valence-corrected chi connectivity index (χ0v) is 20.0. The minimum absolute atomic E-state index is 0.00231. The number of ether oxygens (including phenoxy) is 1. The molecule has 176 valence electrons. The van der Waals surface area contributed by atoms with E-state index in [1.807, 2.05) is 55.6 Å². The van der Waals surface area contributed by atoms with Gasteiger partial charge in [0.2, 0.25) is 0 Å². The molecule has 2 heterocycles. The largest absolute Gasteiger partial charge is 0.372 e. The van der Waals surface area contributed by atoms with Gasteiger partial charge in [-0.05, 0) is 85.3 Å². The quantitative estimate of drug-likeness (QED) is 0.394. The van der Waals surface area contributed by atoms with Crippen LogP contribution < -0.4 is 10.5 Å². The van der Waals surface area contributed by atoms with E-state index >= 15 is 0 Å². The summed E-state index contributed by atoms with van der Waals surface area (Å²) in [4.78, 5) is 15.8. The van der Waals surface area contributed by atoms with Crippen molar-refractivity contribution in [3.05, 3.63) is 94.2 Å². The average molecular weight is 468 g/mol. The van der Waals surface area contributed by atoms with Gasteiger partial charge in [0.05, 0.1) is 17.8 Å². The first kappa shape index (κ1) is 22.8. The zero-order valence-electron chi connectivity index (χ0n) is 20.0. The third-order valence-electron chi connectivity index (χ3n) is 6.54. The van der Waals surface area contributed by atoms with Crippen molar-refractivity contribution in [2.75, 3.05) is 18.0 Å². The van der Waals surface area contributed by atoms with E-state index in [4.69, 9.17) is 10.00 Å². The first-order valence-electron chi connectivity index (χ1n) is 11.7. The summed E-state index contributed by atoms with van der Waals surface area (Å²) in [6.45, 7) is 7.77. The summed E-state index contributed by atoms with van der Waals surface area (Å²) in [5, 5.41) is 10.4. The van der Waals surface area contributed by atoms with Crippen LogP contribution in [0.15, 0.2) is 71.7 Å². The Balaban J connectivity index is 1.56. The van der Waals surface area contributed by atoms with Crippen LogP contribution in [-0.4, -0.2) is 29.9 Å². The summed E-state index contributed by atoms with van der Waals surface area (Å²) in [6, 6.07) is 19.9. The molecule has 35 heavy (non-hydrogen) atoms. The van der Waals surface area contributed by atoms with Crippen molar-refractivity contribution in [2.45, 2.75) is 33.0 Å². The molecule has 1 aliphatic rings. The molecule has 0 aliphatic carbocycles. The standard InChI is InChI=1S/C29H26FN3O2/c1-18-15-33(24-11-9-23(10-12-24)32-16-19(2)35-20(3)17-32)29(34)26-6-4-5-25(28(18)26)21-7-8-22(14-31)27(30)13-21/h4-13,15,19-20H,16-17H2,1-3H3/t19-,20?/m0/s1. The van der Waals surface area contributed by atoms with Crippen LogP contribution in [0, 0.1) is 24.1 Å². The smallest absolute Gasteiger partial charge is 0.262 e. The maximum atomic E-state index is 14.3. The van der Waals surface area contributed by atoms with Gasteiger partial charge in [0.25, 0.3) is 5.56 Å². The fraction of sp³-hybridized carbons (Fsp3) is 0.241. The predicted octanol–water partition coefficient (Wildman–Crippen LogP) is 5.59. The van der Waals surface area contributed by atoms with Gasteiger partial charge >= 0.3 is 0 Å². The highest BCUT2D eigenvalue weighted by Gasteiger charge is 2.22. The number of benzene rings is 3. The number of hydrogen-bond acceptors (Lipinski definition) is 4. The van der Waals surface area contributed by atoms with Crippen molar-refractivity contribution in [2.24, 2.45) is 0 Å². The molecule has 1 fully saturated rings. The van der Waals surface area contributed by atoms with E-state index in [1.54, 1.807) is 16.7 Å². The van der Waals surface area contributed by atoms with Crippen molar-refractivity contribution in [3.8, 4) is 22.9 Å². The molecular formula is C29H26FN3O2. The second-order valence-corrected chi connectivity index (χ2v) is 9.20. The lowest BCUT2D eigenvalue weighted by Crippen LogP contribution is -2.45. The SMILES string of the molecule is Cc1cn(-c2ccc(N3CC(C)O[C@@H](C)C3)cc2)c(=O)c2cccc(-c3ccc(C#N)c(F)c3)c12. The van der Waals surface area contributed by atoms with Crippen LogP contribution in [0.4, 0.5) is 10.1 Å². The van der Waals surface area contributed by atoms with Gasteiger partial charge in [0.1, 0.15) is 11.9 Å². The molecular weight excluding hydrogens is 441 g/mol. The molecule has 0 saturated carbocycles. The van der Waals surface area contributed by atoms with Crippen LogP contribution >= 0.6 is 0 Å². The van der Waals surface area contributed by atoms with Gasteiger partial charge in [-0.25, -0.2) is 4.39 Å². The molecule has 3 aromatic carbocycles. The Kier molecular flexibility index (Phi) is 5.88. The van der Waals surface area contributed by atoms with E-state index in [-0.39, 0.29) is 23.3 Å². The van der Waals surface area contributed by atoms with Gasteiger partial charge < -0.3 is 9.64 Å². The van der Waals surface area contributed by atoms with E-state index in [0.717, 1.165) is 41.0 Å². The van der Waals surface area contributed by atoms with E-state index in [2.05, 4.69) is 18.7 Å². The lowest BCUT2D eigenvalue weighted by atomic mass is 9.95. The molecule has 0 bridgehead atoms. The second-order valence-electron chi connectivity index (χ2n) is 9.20. The van der Waals surface area contributed by atoms with Crippen LogP contribution in [0.2, 0.25) is 0 Å². The Labute approximate surface area is 203 Å². The van der Waals surface area contributed by atoms with Crippen LogP contribution in [0.25, 0.3) is 27.6 Å². The number of aryl methyl sites for hydroxylation is 1. The van der Waals surface area contributed by atoms with Gasteiger partial charge in [-0.2, -0.15) is 5.26 Å². The topological polar surface area (TPSA) is 58.3 Å². The van der Waals surface area contributed by atoms with E-state index in [1.165, 1.54) is 12.1 Å². The Bertz CT molecular complexity index is 1510. The van der Waals surface area contributed by atoms with Gasteiger partial charge in [-0.3, -0.25) is 9.36 Å². The van der Waals surface area contributed by atoms with Crippen LogP contribution in [0.5, 0.6) is 0 Å². The Morgan fingerprint density at radius 3 is 2.34 bits per heavy atom. The lowest BCUT2D eigenvalue weighted by molar-refractivity contribution is -0.00521. The highest BCUT2D eigenvalue weighted by molar-refractivity contribution is 5.98. The zero-order chi connectivity index (χ0) is 24.7. The molecule has 0 amide bonds. The van der Waals surface area contributed by atoms with Gasteiger partial charge in [-0.1, -0.05) is 18.2 Å². The monoisotopic (exact) mass is 467 g/mol. The molecule has 0 N–H and O–H groups in total. The number of pyridine rings is 1. The molecule has 1 unspecified atom stereocenters. The molecule has 1 aromatic heterocycles. The van der Waals surface area contributed by atoms with Gasteiger partial charge in [0.15, 0.2) is 0 Å². The van der Waals surface area contributed by atoms with Crippen LogP contribution in [-0.2, 0) is 4.74 Å². The Morgan fingerprint density at radius 2 is 1.69 bits per heavy atom. The number of nitriles is 1. The molecule has 4 aromatic rings. The fourth-order valence-corrected chi connectivity index (χ4v) is 5.02. The molecule has 5 rings (SSSR count). The van der Waals surface area contributed by atoms with E-state index < -0.39 is 5.82 Å². The Morgan fingerprint density at radius 1 is 1.00 bits per heavy atom. The van der Waals surface area contributed by atoms with Crippen molar-refractivity contribution in [1.82, 2.24) is 4.57 Å². The minimum atomic E-state index is -0.572. The summed E-state index contributed by atoms with van der Waals surface area (Å²) >= 11 is 0. The van der Waals surface area contributed by atoms with Gasteiger partial charge in [0, 0.05) is 36.0 Å². The number of fused-ring (bicyclic) bond motifs is 1. The number of nitrogens with zero attached hydrogens (tertiary/aromatic N) is 3. The molecule has 6 heteroatoms. The van der Waals surface area contributed by atoms with E-state index in [0.29, 0.717) is 10.9 Å². The molecule has 0 radical (unpaired) electrons. The van der Waals surface area contributed by atoms with Crippen LogP contribution in [0.1, 0.15) is 25.0 Å². The molecule has 1 aliphatic heterocycles. The number of halogens is 1. The fourth-order valence-electron chi connectivity index (χ4n) is 5.02. The summed E-state index contributed by atoms with van der Waals surface area (Å²) < 4.78 is 21.8. The highest BCUT2D eigenvalue weighted by atomic mass is 19.1. The summed E-state index contributed by atoms with van der Waals surface area (Å²) in [7, 11) is 0. The van der Waals surface area contributed by atoms with Crippen molar-refractivity contribution < 1.29 is 9.13 Å². The van der Waals surface area contributed by atoms with Crippen molar-refractivity contribution in [3.63, 3.8) is 0 Å². The predicted molar refractivity (Wildman–Crippen MR) is 137 cm³/mol. The number of hydrogen-bond donors (Lipinski definition) is 0. The van der Waals surface area contributed by atoms with Crippen molar-refractivity contribution in [1.29, 1.82) is 5.26 Å². The summed E-state index contributed by atoms with van der Waals surface area (Å²) in [6.07, 6.45) is 2.17. The lowest BCUT2D eigenvalue weighted by Gasteiger charge is -2.36. The number of anilines is 1. The van der Waals surface area contributed by atoms with Crippen LogP contribution in [0.3, 0.4) is 0 Å². The third-order valence-corrected chi connectivity index (χ3v) is 6.54. The first-order chi connectivity index (χ1) is 16.9. The first-order valence-corrected chi connectivity index (χ1v) is 11.7. The molecule has 2 atom stereocenters. The maximum absolute atomic E-state index is 14.3. The normalized spacial score (nSPS) is 18.0. The number of rotatable bonds is 3. The number of morpholine rings is 1. The third kappa shape index (κ3) is 4.20. The number of aromatic nitrogens is 1. The second kappa shape index (κ2) is 9.01. The average Bonchev–Trinajstić information content (AvgIpc) is 2.85.